The summed E-state index contributed by atoms with van der Waals surface area (Å²) < 4.78 is 80.4. The molecule has 0 spiro atoms. The molecule has 0 saturated carbocycles. The number of rotatable bonds is 12. The van der Waals surface area contributed by atoms with Crippen LogP contribution in [0.2, 0.25) is 0 Å². The number of ether oxygens (including phenoxy) is 1. The molecule has 2 aromatic heterocycles. The number of nitrogens with two attached hydrogens (primary N) is 1. The molecule has 1 saturated heterocycles. The Morgan fingerprint density at radius 1 is 0.857 bits per heavy atom. The summed E-state index contributed by atoms with van der Waals surface area (Å²) in [5, 5.41) is 20.5. The maximum atomic E-state index is 11.9. The molecule has 4 unspecified atom stereocenters. The van der Waals surface area contributed by atoms with E-state index in [1.54, 1.807) is 0 Å². The van der Waals surface area contributed by atoms with Crippen LogP contribution >= 0.6 is 39.1 Å². The van der Waals surface area contributed by atoms with Gasteiger partial charge in [-0.3, -0.25) is 18.3 Å². The molecule has 3 heterocycles. The number of hydrogen-bond donors (Lipinski definition) is 6. The van der Waals surface area contributed by atoms with Crippen LogP contribution in [0.4, 0.5) is 5.82 Å². The first-order valence-corrected chi connectivity index (χ1v) is 16.8. The Kier molecular flexibility index (Phi) is 15.8. The van der Waals surface area contributed by atoms with Gasteiger partial charge >= 0.3 is 72.2 Å². The van der Waals surface area contributed by atoms with Gasteiger partial charge in [0.15, 0.2) is 17.7 Å². The van der Waals surface area contributed by atoms with Gasteiger partial charge in [0.25, 0.3) is 23.5 Å². The van der Waals surface area contributed by atoms with E-state index in [-0.39, 0.29) is 73.6 Å². The molecular formula is C10H15Li3N5O19P5. The fourth-order valence-electron chi connectivity index (χ4n) is 2.89. The van der Waals surface area contributed by atoms with Gasteiger partial charge in [-0.1, -0.05) is 0 Å². The van der Waals surface area contributed by atoms with Crippen molar-refractivity contribution in [2.75, 3.05) is 12.3 Å². The number of nitrogen functional groups attached to an aromatic ring is 1. The summed E-state index contributed by atoms with van der Waals surface area (Å²) in [5.41, 5.74) is 5.79. The molecule has 3 rings (SSSR count). The molecular weight excluding hydrogens is 670 g/mol. The van der Waals surface area contributed by atoms with E-state index < -0.39 is 70.3 Å². The molecule has 8 atom stereocenters. The van der Waals surface area contributed by atoms with Crippen LogP contribution in [0, 0.1) is 0 Å². The molecule has 32 heteroatoms. The van der Waals surface area contributed by atoms with Crippen LogP contribution in [-0.4, -0.2) is 69.3 Å². The quantitative estimate of drug-likeness (QED) is 0.0892. The number of aromatic nitrogens is 4. The minimum absolute atomic E-state index is 0. The summed E-state index contributed by atoms with van der Waals surface area (Å²) >= 11 is 0. The van der Waals surface area contributed by atoms with Crippen LogP contribution in [-0.2, 0) is 49.3 Å². The molecule has 24 nitrogen and oxygen atoms in total. The Morgan fingerprint density at radius 2 is 1.40 bits per heavy atom. The molecule has 1 aliphatic rings. The van der Waals surface area contributed by atoms with E-state index in [1.165, 1.54) is 0 Å². The molecule has 2 aromatic rings. The summed E-state index contributed by atoms with van der Waals surface area (Å²) in [7, 11) is -31.3. The van der Waals surface area contributed by atoms with E-state index in [0.29, 0.717) is 0 Å². The van der Waals surface area contributed by atoms with Gasteiger partial charge < -0.3 is 54.6 Å². The fraction of sp³-hybridized carbons (Fsp3) is 0.500. The standard InChI is InChI=1S/C10H18N5O19P5.3Li/c11-8-5-9(13-2-12-8)15(3-14-5)10-7(17)6(16)4(30-10)1-29-36(21,22)32-38(25,26)34-39(27,28)33-37(23,24)31-35(18,19)20;;;/h2-4,6-7,10,16-17H,1H2,(H,21,22)(H,23,24)(H,25,26)(H,27,28)(H2,11,12,13)(H2,18,19,20);;;/q;3*+1/p-3/t4-,6-,7-,10-;;;/m1.../s1. The minimum atomic E-state index is -6.60. The zero-order valence-electron chi connectivity index (χ0n) is 21.2. The number of hydrogen-bond acceptors (Lipinski definition) is 20. The molecule has 0 bridgehead atoms. The Labute approximate surface area is 269 Å². The Morgan fingerprint density at radius 3 is 1.98 bits per heavy atom. The van der Waals surface area contributed by atoms with E-state index in [1.807, 2.05) is 0 Å². The second-order valence-corrected chi connectivity index (χ2v) is 14.5. The second-order valence-electron chi connectivity index (χ2n) is 7.05. The van der Waals surface area contributed by atoms with Crippen molar-refractivity contribution in [3.05, 3.63) is 12.7 Å². The summed E-state index contributed by atoms with van der Waals surface area (Å²) in [4.78, 5) is 72.3. The van der Waals surface area contributed by atoms with Crippen LogP contribution in [0.15, 0.2) is 12.7 Å². The van der Waals surface area contributed by atoms with Crippen LogP contribution in [0.1, 0.15) is 6.23 Å². The number of aliphatic hydroxyl groups excluding tert-OH is 2. The molecule has 0 aromatic carbocycles. The molecule has 7 N–H and O–H groups in total. The van der Waals surface area contributed by atoms with Crippen molar-refractivity contribution in [2.45, 2.75) is 24.5 Å². The number of phosphoric acid groups is 5. The van der Waals surface area contributed by atoms with Crippen molar-refractivity contribution in [3.8, 4) is 0 Å². The number of imidazole rings is 1. The molecule has 0 radical (unpaired) electrons. The average molecular weight is 685 g/mol. The third-order valence-corrected chi connectivity index (χ3v) is 11.2. The van der Waals surface area contributed by atoms with E-state index in [0.717, 1.165) is 17.2 Å². The van der Waals surface area contributed by atoms with Crippen LogP contribution < -0.4 is 77.0 Å². The number of nitrogens with zero attached hydrogens (tertiary/aromatic N) is 4. The van der Waals surface area contributed by atoms with Crippen molar-refractivity contribution < 1.29 is 145 Å². The molecule has 42 heavy (non-hydrogen) atoms. The molecule has 1 aliphatic heterocycles. The number of anilines is 1. The average Bonchev–Trinajstić information content (AvgIpc) is 3.24. The van der Waals surface area contributed by atoms with Crippen molar-refractivity contribution in [1.29, 1.82) is 0 Å². The van der Waals surface area contributed by atoms with Gasteiger partial charge in [0.1, 0.15) is 30.2 Å². The Hall–Kier alpha value is 0.732. The second kappa shape index (κ2) is 15.5. The third kappa shape index (κ3) is 11.8. The number of phosphoric ester groups is 1. The van der Waals surface area contributed by atoms with Crippen molar-refractivity contribution in [2.24, 2.45) is 0 Å². The zero-order chi connectivity index (χ0) is 29.6. The normalized spacial score (nSPS) is 26.4. The fourth-order valence-corrected chi connectivity index (χ4v) is 8.62. The van der Waals surface area contributed by atoms with Gasteiger partial charge in [0.05, 0.1) is 12.9 Å². The maximum absolute atomic E-state index is 11.9. The van der Waals surface area contributed by atoms with Gasteiger partial charge in [-0.15, -0.1) is 0 Å². The van der Waals surface area contributed by atoms with Gasteiger partial charge in [0.2, 0.25) is 0 Å². The summed E-state index contributed by atoms with van der Waals surface area (Å²) in [6.07, 6.45) is -4.57. The topological polar surface area (TPSA) is 381 Å². The van der Waals surface area contributed by atoms with E-state index in [4.69, 9.17) is 25.2 Å². The Balaban J connectivity index is 0.00000560. The zero-order valence-corrected chi connectivity index (χ0v) is 25.7. The van der Waals surface area contributed by atoms with Crippen molar-refractivity contribution in [1.82, 2.24) is 19.5 Å². The third-order valence-electron chi connectivity index (χ3n) is 4.21. The predicted molar refractivity (Wildman–Crippen MR) is 111 cm³/mol. The summed E-state index contributed by atoms with van der Waals surface area (Å²) in [6, 6.07) is 0. The van der Waals surface area contributed by atoms with Gasteiger partial charge in [0, 0.05) is 0 Å². The van der Waals surface area contributed by atoms with Crippen LogP contribution in [0.5, 0.6) is 0 Å². The Bertz CT molecular complexity index is 1480. The van der Waals surface area contributed by atoms with E-state index in [2.05, 4.69) is 36.7 Å². The van der Waals surface area contributed by atoms with Crippen LogP contribution in [0.3, 0.4) is 0 Å². The number of aliphatic hydroxyl groups is 2. The van der Waals surface area contributed by atoms with Gasteiger partial charge in [-0.2, -0.15) is 4.31 Å². The monoisotopic (exact) mass is 685 g/mol. The smallest absolute Gasteiger partial charge is 0.756 e. The first-order valence-electron chi connectivity index (χ1n) is 9.36. The SMILES string of the molecule is Nc1ncnc2c1ncn2[C@@H]1O[C@H](COP(=O)([O-])OP(=O)([O-])OP(=O)([O-])OP(=O)(O)OP(=O)(O)O)[C@@H](O)[C@H]1O.[Li+].[Li+].[Li+]. The summed E-state index contributed by atoms with van der Waals surface area (Å²) in [6.45, 7) is -1.23. The molecule has 0 aliphatic carbocycles. The molecule has 0 amide bonds. The van der Waals surface area contributed by atoms with Crippen LogP contribution in [0.25, 0.3) is 11.2 Å². The summed E-state index contributed by atoms with van der Waals surface area (Å²) in [5.74, 6) is -0.0375. The van der Waals surface area contributed by atoms with E-state index in [9.17, 15) is 47.7 Å². The maximum Gasteiger partial charge on any atom is 1.00 e. The predicted octanol–water partition coefficient (Wildman–Crippen LogP) is -12.3. The molecule has 222 valence electrons. The van der Waals surface area contributed by atoms with Gasteiger partial charge in [-0.05, 0) is 0 Å². The number of fused-ring (bicyclic) bond motifs is 1. The minimum Gasteiger partial charge on any atom is -0.756 e. The van der Waals surface area contributed by atoms with Crippen molar-refractivity contribution >= 4 is 56.1 Å². The van der Waals surface area contributed by atoms with E-state index >= 15 is 0 Å². The first-order chi connectivity index (χ1) is 17.6. The molecule has 1 fully saturated rings. The first kappa shape index (κ1) is 42.7. The largest absolute Gasteiger partial charge is 1.00 e. The van der Waals surface area contributed by atoms with Crippen molar-refractivity contribution in [3.63, 3.8) is 0 Å². The van der Waals surface area contributed by atoms with Gasteiger partial charge in [-0.25, -0.2) is 37.0 Å².